The van der Waals surface area contributed by atoms with Crippen molar-refractivity contribution in [2.24, 2.45) is 0 Å². The number of carbonyl (C=O) groups is 1. The van der Waals surface area contributed by atoms with E-state index in [-0.39, 0.29) is 22.4 Å². The first-order valence-corrected chi connectivity index (χ1v) is 6.73. The third kappa shape index (κ3) is 2.10. The van der Waals surface area contributed by atoms with Gasteiger partial charge >= 0.3 is 6.09 Å². The first-order valence-electron chi connectivity index (χ1n) is 6.35. The van der Waals surface area contributed by atoms with Crippen molar-refractivity contribution in [3.05, 3.63) is 17.3 Å². The molecule has 1 aromatic heterocycles. The van der Waals surface area contributed by atoms with Crippen LogP contribution >= 0.6 is 11.6 Å². The standard InChI is InChI=1S/C13H17ClN2O3/c1-11(2,3)19-10(17)16-13-5-12(6-13,7-13)8-4-15-9(14)18-8/h4H,5-7H2,1-3H3,(H,16,17). The number of hydrogen-bond acceptors (Lipinski definition) is 4. The summed E-state index contributed by atoms with van der Waals surface area (Å²) >= 11 is 5.69. The van der Waals surface area contributed by atoms with Crippen molar-refractivity contribution < 1.29 is 13.9 Å². The molecule has 3 aliphatic carbocycles. The third-order valence-electron chi connectivity index (χ3n) is 3.80. The van der Waals surface area contributed by atoms with E-state index in [9.17, 15) is 4.79 Å². The van der Waals surface area contributed by atoms with E-state index in [0.717, 1.165) is 25.0 Å². The van der Waals surface area contributed by atoms with E-state index < -0.39 is 5.60 Å². The topological polar surface area (TPSA) is 64.4 Å². The minimum atomic E-state index is -0.468. The fourth-order valence-electron chi connectivity index (χ4n) is 3.20. The van der Waals surface area contributed by atoms with Crippen molar-refractivity contribution in [1.29, 1.82) is 0 Å². The zero-order chi connectivity index (χ0) is 13.9. The second-order valence-electron chi connectivity index (χ2n) is 6.70. The second-order valence-corrected chi connectivity index (χ2v) is 7.02. The molecule has 6 heteroatoms. The summed E-state index contributed by atoms with van der Waals surface area (Å²) in [4.78, 5) is 15.7. The molecule has 1 amide bonds. The first-order chi connectivity index (χ1) is 8.72. The molecule has 1 heterocycles. The summed E-state index contributed by atoms with van der Waals surface area (Å²) < 4.78 is 10.6. The Kier molecular flexibility index (Phi) is 2.46. The van der Waals surface area contributed by atoms with Gasteiger partial charge in [0.05, 0.1) is 6.20 Å². The number of hydrogen-bond donors (Lipinski definition) is 1. The molecule has 0 unspecified atom stereocenters. The maximum atomic E-state index is 11.7. The van der Waals surface area contributed by atoms with Gasteiger partial charge in [-0.2, -0.15) is 0 Å². The van der Waals surface area contributed by atoms with E-state index in [1.54, 1.807) is 6.20 Å². The number of nitrogens with zero attached hydrogens (tertiary/aromatic N) is 1. The number of carbonyl (C=O) groups excluding carboxylic acids is 1. The van der Waals surface area contributed by atoms with E-state index in [4.69, 9.17) is 20.8 Å². The summed E-state index contributed by atoms with van der Waals surface area (Å²) in [5.74, 6) is 0.824. The average Bonchev–Trinajstić information content (AvgIpc) is 2.52. The molecule has 0 aromatic carbocycles. The van der Waals surface area contributed by atoms with Crippen LogP contribution in [0.4, 0.5) is 4.79 Å². The lowest BCUT2D eigenvalue weighted by Crippen LogP contribution is -2.76. The third-order valence-corrected chi connectivity index (χ3v) is 3.97. The molecule has 3 saturated carbocycles. The Balaban J connectivity index is 1.57. The molecule has 3 aliphatic rings. The minimum absolute atomic E-state index is 0.0230. The molecule has 19 heavy (non-hydrogen) atoms. The van der Waals surface area contributed by atoms with Gasteiger partial charge in [0.2, 0.25) is 0 Å². The molecule has 3 fully saturated rings. The lowest BCUT2D eigenvalue weighted by Gasteiger charge is -2.69. The zero-order valence-electron chi connectivity index (χ0n) is 11.2. The lowest BCUT2D eigenvalue weighted by molar-refractivity contribution is -0.0995. The number of alkyl carbamates (subject to hydrolysis) is 1. The number of oxazole rings is 1. The van der Waals surface area contributed by atoms with Gasteiger partial charge in [-0.05, 0) is 51.6 Å². The summed E-state index contributed by atoms with van der Waals surface area (Å²) in [6.45, 7) is 5.56. The molecule has 1 aromatic rings. The molecule has 0 saturated heterocycles. The number of rotatable bonds is 2. The van der Waals surface area contributed by atoms with Gasteiger partial charge in [0.1, 0.15) is 11.4 Å². The van der Waals surface area contributed by atoms with Gasteiger partial charge in [-0.25, -0.2) is 9.78 Å². The summed E-state index contributed by atoms with van der Waals surface area (Å²) in [6, 6.07) is 0. The smallest absolute Gasteiger partial charge is 0.408 e. The Hall–Kier alpha value is -1.23. The summed E-state index contributed by atoms with van der Waals surface area (Å²) in [5, 5.41) is 3.14. The maximum absolute atomic E-state index is 11.7. The molecule has 2 bridgehead atoms. The predicted octanol–water partition coefficient (Wildman–Crippen LogP) is 3.03. The van der Waals surface area contributed by atoms with E-state index in [1.807, 2.05) is 20.8 Å². The van der Waals surface area contributed by atoms with Crippen LogP contribution < -0.4 is 5.32 Å². The Labute approximate surface area is 116 Å². The number of halogens is 1. The summed E-state index contributed by atoms with van der Waals surface area (Å²) in [7, 11) is 0. The van der Waals surface area contributed by atoms with Crippen LogP contribution in [0.1, 0.15) is 45.8 Å². The number of nitrogens with one attached hydrogen (secondary N) is 1. The Morgan fingerprint density at radius 3 is 2.58 bits per heavy atom. The highest BCUT2D eigenvalue weighted by Gasteiger charge is 2.71. The largest absolute Gasteiger partial charge is 0.444 e. The van der Waals surface area contributed by atoms with E-state index in [2.05, 4.69) is 10.3 Å². The van der Waals surface area contributed by atoms with Gasteiger partial charge in [-0.15, -0.1) is 0 Å². The molecular weight excluding hydrogens is 268 g/mol. The second kappa shape index (κ2) is 3.66. The van der Waals surface area contributed by atoms with Crippen LogP contribution in [-0.2, 0) is 10.2 Å². The molecule has 104 valence electrons. The van der Waals surface area contributed by atoms with E-state index >= 15 is 0 Å². The maximum Gasteiger partial charge on any atom is 0.408 e. The molecule has 5 nitrogen and oxygen atoms in total. The van der Waals surface area contributed by atoms with Crippen LogP contribution in [-0.4, -0.2) is 22.2 Å². The van der Waals surface area contributed by atoms with Crippen LogP contribution in [0.3, 0.4) is 0 Å². The van der Waals surface area contributed by atoms with Crippen LogP contribution in [0.2, 0.25) is 5.35 Å². The molecule has 0 spiro atoms. The zero-order valence-corrected chi connectivity index (χ0v) is 12.0. The average molecular weight is 285 g/mol. The Bertz CT molecular complexity index is 512. The Morgan fingerprint density at radius 2 is 2.11 bits per heavy atom. The summed E-state index contributed by atoms with van der Waals surface area (Å²) in [6.07, 6.45) is 3.93. The number of ether oxygens (including phenoxy) is 1. The number of aromatic nitrogens is 1. The Morgan fingerprint density at radius 1 is 1.47 bits per heavy atom. The molecule has 4 rings (SSSR count). The predicted molar refractivity (Wildman–Crippen MR) is 69.1 cm³/mol. The lowest BCUT2D eigenvalue weighted by atomic mass is 9.38. The minimum Gasteiger partial charge on any atom is -0.444 e. The van der Waals surface area contributed by atoms with Crippen molar-refractivity contribution in [1.82, 2.24) is 10.3 Å². The normalized spacial score (nSPS) is 32.2. The van der Waals surface area contributed by atoms with Crippen LogP contribution in [0.5, 0.6) is 0 Å². The highest BCUT2D eigenvalue weighted by atomic mass is 35.5. The number of amides is 1. The van der Waals surface area contributed by atoms with Gasteiger partial charge in [0, 0.05) is 11.0 Å². The van der Waals surface area contributed by atoms with E-state index in [1.165, 1.54) is 0 Å². The van der Waals surface area contributed by atoms with Crippen molar-refractivity contribution in [2.75, 3.05) is 0 Å². The van der Waals surface area contributed by atoms with Gasteiger partial charge in [0.25, 0.3) is 5.35 Å². The van der Waals surface area contributed by atoms with Gasteiger partial charge in [0.15, 0.2) is 0 Å². The molecule has 1 N–H and O–H groups in total. The van der Waals surface area contributed by atoms with Crippen molar-refractivity contribution >= 4 is 17.7 Å². The molecule has 0 radical (unpaired) electrons. The van der Waals surface area contributed by atoms with E-state index in [0.29, 0.717) is 0 Å². The van der Waals surface area contributed by atoms with Crippen molar-refractivity contribution in [2.45, 2.75) is 56.6 Å². The van der Waals surface area contributed by atoms with Gasteiger partial charge in [-0.1, -0.05) is 0 Å². The highest BCUT2D eigenvalue weighted by Crippen LogP contribution is 2.67. The fourth-order valence-corrected chi connectivity index (χ4v) is 3.33. The SMILES string of the molecule is CC(C)(C)OC(=O)NC12CC(c3cnc(Cl)o3)(C1)C2. The highest BCUT2D eigenvalue weighted by molar-refractivity contribution is 6.27. The van der Waals surface area contributed by atoms with Crippen molar-refractivity contribution in [3.63, 3.8) is 0 Å². The molecule has 0 aliphatic heterocycles. The fraction of sp³-hybridized carbons (Fsp3) is 0.692. The van der Waals surface area contributed by atoms with Crippen LogP contribution in [0, 0.1) is 0 Å². The van der Waals surface area contributed by atoms with Crippen molar-refractivity contribution in [3.8, 4) is 0 Å². The quantitative estimate of drug-likeness (QED) is 0.906. The first kappa shape index (κ1) is 12.8. The van der Waals surface area contributed by atoms with Gasteiger partial charge in [-0.3, -0.25) is 0 Å². The molecular formula is C13H17ClN2O3. The monoisotopic (exact) mass is 284 g/mol. The van der Waals surface area contributed by atoms with Gasteiger partial charge < -0.3 is 14.5 Å². The van der Waals surface area contributed by atoms with Crippen LogP contribution in [0.15, 0.2) is 10.6 Å². The summed E-state index contributed by atoms with van der Waals surface area (Å²) in [5.41, 5.74) is -0.569. The molecule has 0 atom stereocenters. The van der Waals surface area contributed by atoms with Crippen LogP contribution in [0.25, 0.3) is 0 Å².